The van der Waals surface area contributed by atoms with E-state index in [0.29, 0.717) is 9.61 Å². The van der Waals surface area contributed by atoms with Crippen molar-refractivity contribution in [3.8, 4) is 0 Å². The number of anilines is 1. The van der Waals surface area contributed by atoms with Crippen LogP contribution in [0.15, 0.2) is 11.1 Å². The van der Waals surface area contributed by atoms with Crippen LogP contribution >= 0.6 is 22.6 Å². The first kappa shape index (κ1) is 10.9. The molecule has 2 heterocycles. The van der Waals surface area contributed by atoms with Crippen molar-refractivity contribution >= 4 is 28.4 Å². The van der Waals surface area contributed by atoms with Crippen molar-refractivity contribution in [3.63, 3.8) is 0 Å². The Hall–Kier alpha value is -0.630. The Kier molecular flexibility index (Phi) is 3.25. The van der Waals surface area contributed by atoms with Crippen LogP contribution in [0, 0.1) is 3.57 Å². The van der Waals surface area contributed by atoms with Crippen molar-refractivity contribution in [3.05, 3.63) is 20.3 Å². The minimum Gasteiger partial charge on any atom is -0.350 e. The summed E-state index contributed by atoms with van der Waals surface area (Å²) in [5.41, 5.74) is -0.0636. The highest BCUT2D eigenvalue weighted by molar-refractivity contribution is 14.1. The van der Waals surface area contributed by atoms with Crippen molar-refractivity contribution in [1.29, 1.82) is 0 Å². The Morgan fingerprint density at radius 1 is 1.67 bits per heavy atom. The van der Waals surface area contributed by atoms with E-state index in [2.05, 4.69) is 27.1 Å². The topological polar surface area (TPSA) is 61.0 Å². The first-order chi connectivity index (χ1) is 7.20. The third-order valence-corrected chi connectivity index (χ3v) is 3.52. The van der Waals surface area contributed by atoms with Crippen LogP contribution in [0.1, 0.15) is 6.92 Å². The van der Waals surface area contributed by atoms with Gasteiger partial charge in [0, 0.05) is 25.7 Å². The van der Waals surface area contributed by atoms with Crippen LogP contribution in [0.3, 0.4) is 0 Å². The molecule has 1 aliphatic heterocycles. The molecular formula is C9H13IN4O. The molecule has 0 saturated carbocycles. The van der Waals surface area contributed by atoms with Gasteiger partial charge in [0.25, 0.3) is 5.56 Å². The number of aromatic amines is 1. The predicted octanol–water partition coefficient (Wildman–Crippen LogP) is 0.173. The van der Waals surface area contributed by atoms with Crippen LogP contribution in [-0.4, -0.2) is 35.6 Å². The maximum Gasteiger partial charge on any atom is 0.266 e. The fraction of sp³-hybridized carbons (Fsp3) is 0.556. The van der Waals surface area contributed by atoms with Gasteiger partial charge < -0.3 is 15.2 Å². The Balaban J connectivity index is 2.35. The summed E-state index contributed by atoms with van der Waals surface area (Å²) in [5, 5.41) is 3.31. The zero-order chi connectivity index (χ0) is 10.8. The molecular weight excluding hydrogens is 307 g/mol. The Bertz CT molecular complexity index is 405. The largest absolute Gasteiger partial charge is 0.350 e. The van der Waals surface area contributed by atoms with Crippen LogP contribution in [0.4, 0.5) is 5.82 Å². The lowest BCUT2D eigenvalue weighted by Crippen LogP contribution is -2.50. The SMILES string of the molecule is CC1CNCCN1c1nc[nH]c(=O)c1I. The van der Waals surface area contributed by atoms with Crippen molar-refractivity contribution in [2.45, 2.75) is 13.0 Å². The normalized spacial score (nSPS) is 21.7. The van der Waals surface area contributed by atoms with Crippen molar-refractivity contribution < 1.29 is 0 Å². The summed E-state index contributed by atoms with van der Waals surface area (Å²) in [5.74, 6) is 0.799. The first-order valence-corrected chi connectivity index (χ1v) is 5.98. The van der Waals surface area contributed by atoms with Gasteiger partial charge in [-0.2, -0.15) is 0 Å². The molecule has 0 spiro atoms. The molecule has 1 atom stereocenters. The van der Waals surface area contributed by atoms with Crippen LogP contribution in [0.2, 0.25) is 0 Å². The molecule has 0 aliphatic carbocycles. The number of hydrogen-bond donors (Lipinski definition) is 2. The summed E-state index contributed by atoms with van der Waals surface area (Å²) in [4.78, 5) is 20.4. The molecule has 82 valence electrons. The Labute approximate surface area is 101 Å². The zero-order valence-corrected chi connectivity index (χ0v) is 10.6. The Morgan fingerprint density at radius 3 is 3.20 bits per heavy atom. The van der Waals surface area contributed by atoms with E-state index in [1.165, 1.54) is 6.33 Å². The molecule has 1 aliphatic rings. The van der Waals surface area contributed by atoms with Crippen molar-refractivity contribution in [2.75, 3.05) is 24.5 Å². The molecule has 6 heteroatoms. The van der Waals surface area contributed by atoms with E-state index in [9.17, 15) is 4.79 Å². The number of H-pyrrole nitrogens is 1. The average molecular weight is 320 g/mol. The lowest BCUT2D eigenvalue weighted by molar-refractivity contribution is 0.496. The summed E-state index contributed by atoms with van der Waals surface area (Å²) in [6.45, 7) is 4.90. The average Bonchev–Trinajstić information content (AvgIpc) is 2.23. The molecule has 15 heavy (non-hydrogen) atoms. The summed E-state index contributed by atoms with van der Waals surface area (Å²) in [6, 6.07) is 0.376. The van der Waals surface area contributed by atoms with Gasteiger partial charge in [-0.25, -0.2) is 4.98 Å². The highest BCUT2D eigenvalue weighted by Crippen LogP contribution is 2.18. The van der Waals surface area contributed by atoms with Gasteiger partial charge >= 0.3 is 0 Å². The lowest BCUT2D eigenvalue weighted by Gasteiger charge is -2.35. The number of nitrogens with zero attached hydrogens (tertiary/aromatic N) is 2. The van der Waals surface area contributed by atoms with Crippen molar-refractivity contribution in [2.24, 2.45) is 0 Å². The van der Waals surface area contributed by atoms with E-state index in [-0.39, 0.29) is 5.56 Å². The highest BCUT2D eigenvalue weighted by atomic mass is 127. The molecule has 0 radical (unpaired) electrons. The summed E-state index contributed by atoms with van der Waals surface area (Å²) in [7, 11) is 0. The molecule has 1 unspecified atom stereocenters. The molecule has 1 saturated heterocycles. The van der Waals surface area contributed by atoms with E-state index in [4.69, 9.17) is 0 Å². The van der Waals surface area contributed by atoms with Gasteiger partial charge in [0.15, 0.2) is 0 Å². The van der Waals surface area contributed by atoms with Crippen LogP contribution in [-0.2, 0) is 0 Å². The predicted molar refractivity (Wildman–Crippen MR) is 67.3 cm³/mol. The van der Waals surface area contributed by atoms with E-state index in [1.807, 2.05) is 22.6 Å². The van der Waals surface area contributed by atoms with E-state index >= 15 is 0 Å². The minimum atomic E-state index is -0.0636. The van der Waals surface area contributed by atoms with E-state index < -0.39 is 0 Å². The lowest BCUT2D eigenvalue weighted by atomic mass is 10.2. The number of nitrogens with one attached hydrogen (secondary N) is 2. The maximum atomic E-state index is 11.4. The quantitative estimate of drug-likeness (QED) is 0.725. The first-order valence-electron chi connectivity index (χ1n) is 4.90. The van der Waals surface area contributed by atoms with Gasteiger partial charge in [-0.05, 0) is 29.5 Å². The summed E-state index contributed by atoms with van der Waals surface area (Å²) < 4.78 is 0.670. The fourth-order valence-corrected chi connectivity index (χ4v) is 2.33. The van der Waals surface area contributed by atoms with Crippen LogP contribution in [0.5, 0.6) is 0 Å². The summed E-state index contributed by atoms with van der Waals surface area (Å²) >= 11 is 2.05. The minimum absolute atomic E-state index is 0.0636. The van der Waals surface area contributed by atoms with E-state index in [1.54, 1.807) is 0 Å². The second-order valence-electron chi connectivity index (χ2n) is 3.62. The van der Waals surface area contributed by atoms with Gasteiger partial charge in [0.05, 0.1) is 6.33 Å². The van der Waals surface area contributed by atoms with Gasteiger partial charge in [0.1, 0.15) is 9.39 Å². The standard InChI is InChI=1S/C9H13IN4O/c1-6-4-11-2-3-14(6)8-7(10)9(15)13-5-12-8/h5-6,11H,2-4H2,1H3,(H,12,13,15). The van der Waals surface area contributed by atoms with Gasteiger partial charge in [-0.15, -0.1) is 0 Å². The monoisotopic (exact) mass is 320 g/mol. The molecule has 2 N–H and O–H groups in total. The smallest absolute Gasteiger partial charge is 0.266 e. The second-order valence-corrected chi connectivity index (χ2v) is 4.69. The number of piperazine rings is 1. The fourth-order valence-electron chi connectivity index (χ4n) is 1.73. The summed E-state index contributed by atoms with van der Waals surface area (Å²) in [6.07, 6.45) is 1.47. The number of halogens is 1. The number of hydrogen-bond acceptors (Lipinski definition) is 4. The third-order valence-electron chi connectivity index (χ3n) is 2.55. The van der Waals surface area contributed by atoms with Crippen LogP contribution < -0.4 is 15.8 Å². The van der Waals surface area contributed by atoms with Crippen LogP contribution in [0.25, 0.3) is 0 Å². The third kappa shape index (κ3) is 2.15. The van der Waals surface area contributed by atoms with Crippen molar-refractivity contribution in [1.82, 2.24) is 15.3 Å². The molecule has 1 fully saturated rings. The van der Waals surface area contributed by atoms with Gasteiger partial charge in [0.2, 0.25) is 0 Å². The number of aromatic nitrogens is 2. The molecule has 5 nitrogen and oxygen atoms in total. The molecule has 1 aromatic heterocycles. The molecule has 0 aromatic carbocycles. The Morgan fingerprint density at radius 2 is 2.47 bits per heavy atom. The second kappa shape index (κ2) is 4.48. The molecule has 0 amide bonds. The number of rotatable bonds is 1. The highest BCUT2D eigenvalue weighted by Gasteiger charge is 2.21. The van der Waals surface area contributed by atoms with Gasteiger partial charge in [-0.1, -0.05) is 0 Å². The molecule has 0 bridgehead atoms. The van der Waals surface area contributed by atoms with E-state index in [0.717, 1.165) is 25.5 Å². The maximum absolute atomic E-state index is 11.4. The molecule has 2 rings (SSSR count). The van der Waals surface area contributed by atoms with Gasteiger partial charge in [-0.3, -0.25) is 4.79 Å². The zero-order valence-electron chi connectivity index (χ0n) is 8.46. The molecule has 1 aromatic rings.